The monoisotopic (exact) mass is 222 g/mol. The third-order valence-electron chi connectivity index (χ3n) is 4.26. The third kappa shape index (κ3) is 3.64. The maximum absolute atomic E-state index is 2.53. The van der Waals surface area contributed by atoms with E-state index in [9.17, 15) is 0 Å². The van der Waals surface area contributed by atoms with Gasteiger partial charge in [-0.25, -0.2) is 0 Å². The Labute approximate surface area is 103 Å². The molecule has 0 aromatic rings. The largest absolute Gasteiger partial charge is 0.0850 e. The summed E-state index contributed by atoms with van der Waals surface area (Å²) in [5.74, 6) is 1.84. The van der Waals surface area contributed by atoms with Gasteiger partial charge in [-0.1, -0.05) is 59.1 Å². The van der Waals surface area contributed by atoms with E-state index in [2.05, 4.69) is 40.7 Å². The second-order valence-corrected chi connectivity index (χ2v) is 6.53. The molecular formula is C16H30. The molecule has 0 aromatic heterocycles. The molecule has 2 atom stereocenters. The normalized spacial score (nSPS) is 26.7. The van der Waals surface area contributed by atoms with Crippen molar-refractivity contribution in [2.45, 2.75) is 73.1 Å². The molecule has 0 nitrogen and oxygen atoms in total. The van der Waals surface area contributed by atoms with E-state index in [4.69, 9.17) is 0 Å². The lowest BCUT2D eigenvalue weighted by Gasteiger charge is -2.40. The van der Waals surface area contributed by atoms with Crippen LogP contribution in [-0.2, 0) is 0 Å². The molecule has 0 heteroatoms. The van der Waals surface area contributed by atoms with Gasteiger partial charge in [0, 0.05) is 0 Å². The summed E-state index contributed by atoms with van der Waals surface area (Å²) >= 11 is 0. The fraction of sp³-hybridized carbons (Fsp3) is 0.875. The van der Waals surface area contributed by atoms with Crippen LogP contribution in [0.15, 0.2) is 11.6 Å². The van der Waals surface area contributed by atoms with Crippen LogP contribution in [0.25, 0.3) is 0 Å². The zero-order chi connectivity index (χ0) is 12.2. The maximum Gasteiger partial charge on any atom is -0.0284 e. The van der Waals surface area contributed by atoms with Gasteiger partial charge in [-0.2, -0.15) is 0 Å². The van der Waals surface area contributed by atoms with Gasteiger partial charge in [0.25, 0.3) is 0 Å². The molecule has 1 rings (SSSR count). The molecule has 0 bridgehead atoms. The summed E-state index contributed by atoms with van der Waals surface area (Å²) in [5, 5.41) is 0. The van der Waals surface area contributed by atoms with E-state index in [1.54, 1.807) is 5.57 Å². The van der Waals surface area contributed by atoms with E-state index in [1.165, 1.54) is 38.5 Å². The molecule has 0 saturated carbocycles. The summed E-state index contributed by atoms with van der Waals surface area (Å²) in [6.45, 7) is 11.9. The van der Waals surface area contributed by atoms with Crippen molar-refractivity contribution in [1.29, 1.82) is 0 Å². The highest BCUT2D eigenvalue weighted by molar-refractivity contribution is 5.09. The van der Waals surface area contributed by atoms with Crippen LogP contribution >= 0.6 is 0 Å². The molecule has 0 radical (unpaired) electrons. The van der Waals surface area contributed by atoms with Crippen molar-refractivity contribution in [3.05, 3.63) is 11.6 Å². The Balaban J connectivity index is 2.70. The summed E-state index contributed by atoms with van der Waals surface area (Å²) < 4.78 is 0. The molecule has 0 spiro atoms. The van der Waals surface area contributed by atoms with E-state index in [0.717, 1.165) is 11.8 Å². The van der Waals surface area contributed by atoms with Crippen molar-refractivity contribution in [2.24, 2.45) is 17.3 Å². The molecule has 0 heterocycles. The highest BCUT2D eigenvalue weighted by Gasteiger charge is 2.33. The first kappa shape index (κ1) is 13.8. The minimum absolute atomic E-state index is 0.479. The second kappa shape index (κ2) is 5.89. The van der Waals surface area contributed by atoms with Gasteiger partial charge in [0.2, 0.25) is 0 Å². The SMILES string of the molecule is CCCCC1CC=C(CC)CC1C(C)(C)C. The Bertz CT molecular complexity index is 229. The lowest BCUT2D eigenvalue weighted by molar-refractivity contribution is 0.138. The van der Waals surface area contributed by atoms with E-state index in [0.29, 0.717) is 5.41 Å². The van der Waals surface area contributed by atoms with Gasteiger partial charge in [0.1, 0.15) is 0 Å². The average Bonchev–Trinajstić information content (AvgIpc) is 2.25. The lowest BCUT2D eigenvalue weighted by atomic mass is 9.65. The van der Waals surface area contributed by atoms with Crippen molar-refractivity contribution in [1.82, 2.24) is 0 Å². The van der Waals surface area contributed by atoms with Gasteiger partial charge in [-0.05, 0) is 42.9 Å². The van der Waals surface area contributed by atoms with Gasteiger partial charge in [0.05, 0.1) is 0 Å². The van der Waals surface area contributed by atoms with Crippen LogP contribution in [0.2, 0.25) is 0 Å². The summed E-state index contributed by atoms with van der Waals surface area (Å²) in [7, 11) is 0. The molecule has 0 N–H and O–H groups in total. The van der Waals surface area contributed by atoms with Gasteiger partial charge in [0.15, 0.2) is 0 Å². The van der Waals surface area contributed by atoms with Crippen molar-refractivity contribution < 1.29 is 0 Å². The summed E-state index contributed by atoms with van der Waals surface area (Å²) in [4.78, 5) is 0. The zero-order valence-corrected chi connectivity index (χ0v) is 12.0. The molecule has 1 aliphatic rings. The number of allylic oxidation sites excluding steroid dienone is 2. The van der Waals surface area contributed by atoms with E-state index in [-0.39, 0.29) is 0 Å². The number of rotatable bonds is 4. The van der Waals surface area contributed by atoms with Crippen molar-refractivity contribution in [2.75, 3.05) is 0 Å². The van der Waals surface area contributed by atoms with Crippen LogP contribution in [0.1, 0.15) is 73.1 Å². The predicted molar refractivity (Wildman–Crippen MR) is 73.6 cm³/mol. The van der Waals surface area contributed by atoms with Crippen molar-refractivity contribution >= 4 is 0 Å². The summed E-state index contributed by atoms with van der Waals surface area (Å²) in [6.07, 6.45) is 10.7. The van der Waals surface area contributed by atoms with Gasteiger partial charge in [-0.3, -0.25) is 0 Å². The Hall–Kier alpha value is -0.260. The van der Waals surface area contributed by atoms with Gasteiger partial charge >= 0.3 is 0 Å². The topological polar surface area (TPSA) is 0 Å². The quantitative estimate of drug-likeness (QED) is 0.544. The molecule has 0 fully saturated rings. The number of unbranched alkanes of at least 4 members (excludes halogenated alkanes) is 1. The standard InChI is InChI=1S/C16H30/c1-6-8-9-14-11-10-13(7-2)12-15(14)16(3,4)5/h10,14-15H,6-9,11-12H2,1-5H3. The van der Waals surface area contributed by atoms with Crippen molar-refractivity contribution in [3.63, 3.8) is 0 Å². The van der Waals surface area contributed by atoms with Gasteiger partial charge in [-0.15, -0.1) is 0 Å². The second-order valence-electron chi connectivity index (χ2n) is 6.53. The van der Waals surface area contributed by atoms with Crippen LogP contribution in [0.3, 0.4) is 0 Å². The summed E-state index contributed by atoms with van der Waals surface area (Å²) in [6, 6.07) is 0. The maximum atomic E-state index is 2.53. The minimum atomic E-state index is 0.479. The molecule has 0 saturated heterocycles. The Morgan fingerprint density at radius 3 is 2.44 bits per heavy atom. The molecule has 2 unspecified atom stereocenters. The van der Waals surface area contributed by atoms with Crippen LogP contribution in [0.5, 0.6) is 0 Å². The number of hydrogen-bond acceptors (Lipinski definition) is 0. The molecular weight excluding hydrogens is 192 g/mol. The van der Waals surface area contributed by atoms with E-state index < -0.39 is 0 Å². The predicted octanol–water partition coefficient (Wildman–Crippen LogP) is 5.59. The minimum Gasteiger partial charge on any atom is -0.0850 e. The summed E-state index contributed by atoms with van der Waals surface area (Å²) in [5.41, 5.74) is 2.18. The van der Waals surface area contributed by atoms with Crippen LogP contribution < -0.4 is 0 Å². The first-order chi connectivity index (χ1) is 7.49. The molecule has 0 aliphatic heterocycles. The zero-order valence-electron chi connectivity index (χ0n) is 12.0. The van der Waals surface area contributed by atoms with Crippen molar-refractivity contribution in [3.8, 4) is 0 Å². The molecule has 94 valence electrons. The van der Waals surface area contributed by atoms with Crippen LogP contribution in [0, 0.1) is 17.3 Å². The molecule has 0 aromatic carbocycles. The molecule has 0 amide bonds. The fourth-order valence-electron chi connectivity index (χ4n) is 3.10. The smallest absolute Gasteiger partial charge is 0.0284 e. The Morgan fingerprint density at radius 1 is 1.25 bits per heavy atom. The first-order valence-electron chi connectivity index (χ1n) is 7.16. The first-order valence-corrected chi connectivity index (χ1v) is 7.16. The average molecular weight is 222 g/mol. The van der Waals surface area contributed by atoms with E-state index in [1.807, 2.05) is 0 Å². The van der Waals surface area contributed by atoms with Gasteiger partial charge < -0.3 is 0 Å². The van der Waals surface area contributed by atoms with E-state index >= 15 is 0 Å². The Kier molecular flexibility index (Phi) is 5.08. The highest BCUT2D eigenvalue weighted by atomic mass is 14.4. The fourth-order valence-corrected chi connectivity index (χ4v) is 3.10. The molecule has 1 aliphatic carbocycles. The third-order valence-corrected chi connectivity index (χ3v) is 4.26. The number of hydrogen-bond donors (Lipinski definition) is 0. The molecule has 16 heavy (non-hydrogen) atoms. The highest BCUT2D eigenvalue weighted by Crippen LogP contribution is 2.44. The lowest BCUT2D eigenvalue weighted by Crippen LogP contribution is -2.30. The van der Waals surface area contributed by atoms with Crippen LogP contribution in [0.4, 0.5) is 0 Å². The Morgan fingerprint density at radius 2 is 1.94 bits per heavy atom. The van der Waals surface area contributed by atoms with Crippen LogP contribution in [-0.4, -0.2) is 0 Å².